The number of nitrogens with one attached hydrogen (secondary N) is 2. The Balaban J connectivity index is 1.73. The molecular weight excluding hydrogens is 248 g/mol. The van der Waals surface area contributed by atoms with Crippen LogP contribution < -0.4 is 10.6 Å². The summed E-state index contributed by atoms with van der Waals surface area (Å²) in [6.07, 6.45) is 4.75. The molecule has 6 nitrogen and oxygen atoms in total. The Morgan fingerprint density at radius 1 is 1.42 bits per heavy atom. The number of ether oxygens (including phenoxy) is 1. The van der Waals surface area contributed by atoms with Crippen LogP contribution in [0.15, 0.2) is 12.2 Å². The highest BCUT2D eigenvalue weighted by Gasteiger charge is 2.27. The molecule has 2 rings (SSSR count). The number of urea groups is 1. The number of aliphatic carboxylic acids is 1. The van der Waals surface area contributed by atoms with Gasteiger partial charge >= 0.3 is 12.0 Å². The van der Waals surface area contributed by atoms with Crippen LogP contribution in [0.4, 0.5) is 4.79 Å². The van der Waals surface area contributed by atoms with Crippen molar-refractivity contribution < 1.29 is 19.4 Å². The zero-order valence-corrected chi connectivity index (χ0v) is 11.0. The van der Waals surface area contributed by atoms with E-state index in [1.54, 1.807) is 12.2 Å². The van der Waals surface area contributed by atoms with Crippen molar-refractivity contribution in [2.45, 2.75) is 31.8 Å². The lowest BCUT2D eigenvalue weighted by atomic mass is 10.0. The summed E-state index contributed by atoms with van der Waals surface area (Å²) < 4.78 is 5.29. The Kier molecular flexibility index (Phi) is 4.42. The molecule has 4 atom stereocenters. The molecule has 0 spiro atoms. The van der Waals surface area contributed by atoms with Crippen LogP contribution in [0.25, 0.3) is 0 Å². The Bertz CT molecular complexity index is 377. The summed E-state index contributed by atoms with van der Waals surface area (Å²) in [5.41, 5.74) is 0. The van der Waals surface area contributed by atoms with Gasteiger partial charge in [-0.05, 0) is 19.8 Å². The second-order valence-corrected chi connectivity index (χ2v) is 5.20. The molecule has 6 heteroatoms. The first kappa shape index (κ1) is 13.9. The second kappa shape index (κ2) is 6.06. The molecule has 0 radical (unpaired) electrons. The van der Waals surface area contributed by atoms with Crippen LogP contribution in [0.3, 0.4) is 0 Å². The molecule has 1 heterocycles. The van der Waals surface area contributed by atoms with E-state index in [0.717, 1.165) is 13.0 Å². The summed E-state index contributed by atoms with van der Waals surface area (Å²) in [5, 5.41) is 14.5. The van der Waals surface area contributed by atoms with E-state index >= 15 is 0 Å². The molecule has 106 valence electrons. The van der Waals surface area contributed by atoms with Crippen molar-refractivity contribution in [2.24, 2.45) is 11.8 Å². The lowest BCUT2D eigenvalue weighted by Crippen LogP contribution is -2.47. The topological polar surface area (TPSA) is 87.7 Å². The number of carboxylic acids is 1. The number of rotatable bonds is 4. The van der Waals surface area contributed by atoms with Gasteiger partial charge in [0.15, 0.2) is 0 Å². The SMILES string of the molecule is CC(NC(=O)NC1C=CC(C(=O)O)C1)C1CCOC1. The molecule has 3 N–H and O–H groups in total. The van der Waals surface area contributed by atoms with Crippen molar-refractivity contribution in [3.63, 3.8) is 0 Å². The molecule has 1 fully saturated rings. The quantitative estimate of drug-likeness (QED) is 0.656. The van der Waals surface area contributed by atoms with Gasteiger partial charge in [-0.2, -0.15) is 0 Å². The molecule has 1 aliphatic carbocycles. The highest BCUT2D eigenvalue weighted by Crippen LogP contribution is 2.18. The van der Waals surface area contributed by atoms with Gasteiger partial charge in [0, 0.05) is 18.6 Å². The van der Waals surface area contributed by atoms with Gasteiger partial charge in [0.1, 0.15) is 0 Å². The number of hydrogen-bond acceptors (Lipinski definition) is 3. The minimum Gasteiger partial charge on any atom is -0.481 e. The molecule has 0 saturated carbocycles. The van der Waals surface area contributed by atoms with Gasteiger partial charge < -0.3 is 20.5 Å². The van der Waals surface area contributed by atoms with E-state index < -0.39 is 11.9 Å². The third kappa shape index (κ3) is 3.70. The van der Waals surface area contributed by atoms with Crippen LogP contribution in [0.5, 0.6) is 0 Å². The summed E-state index contributed by atoms with van der Waals surface area (Å²) >= 11 is 0. The van der Waals surface area contributed by atoms with Crippen molar-refractivity contribution in [1.82, 2.24) is 10.6 Å². The highest BCUT2D eigenvalue weighted by atomic mass is 16.5. The first-order valence-electron chi connectivity index (χ1n) is 6.62. The number of hydrogen-bond donors (Lipinski definition) is 3. The molecule has 2 amide bonds. The maximum atomic E-state index is 11.8. The first-order chi connectivity index (χ1) is 9.06. The van der Waals surface area contributed by atoms with E-state index in [4.69, 9.17) is 9.84 Å². The molecule has 4 unspecified atom stereocenters. The number of carboxylic acid groups (broad SMARTS) is 1. The predicted molar refractivity (Wildman–Crippen MR) is 68.7 cm³/mol. The van der Waals surface area contributed by atoms with Crippen LogP contribution in [-0.4, -0.2) is 42.4 Å². The van der Waals surface area contributed by atoms with Crippen molar-refractivity contribution >= 4 is 12.0 Å². The van der Waals surface area contributed by atoms with Gasteiger partial charge in [-0.15, -0.1) is 0 Å². The summed E-state index contributed by atoms with van der Waals surface area (Å²) in [5.74, 6) is -0.986. The molecule has 2 aliphatic rings. The maximum absolute atomic E-state index is 11.8. The van der Waals surface area contributed by atoms with E-state index in [1.807, 2.05) is 6.92 Å². The number of amides is 2. The maximum Gasteiger partial charge on any atom is 0.315 e. The first-order valence-corrected chi connectivity index (χ1v) is 6.62. The lowest BCUT2D eigenvalue weighted by molar-refractivity contribution is -0.140. The fraction of sp³-hybridized carbons (Fsp3) is 0.692. The van der Waals surface area contributed by atoms with Crippen molar-refractivity contribution in [3.05, 3.63) is 12.2 Å². The van der Waals surface area contributed by atoms with Gasteiger partial charge in [-0.1, -0.05) is 12.2 Å². The fourth-order valence-corrected chi connectivity index (χ4v) is 2.47. The molecule has 0 aromatic rings. The molecule has 0 aromatic carbocycles. The van der Waals surface area contributed by atoms with Crippen LogP contribution >= 0.6 is 0 Å². The Labute approximate surface area is 112 Å². The summed E-state index contributed by atoms with van der Waals surface area (Å²) in [6.45, 7) is 3.40. The van der Waals surface area contributed by atoms with E-state index in [1.165, 1.54) is 0 Å². The van der Waals surface area contributed by atoms with E-state index in [2.05, 4.69) is 10.6 Å². The van der Waals surface area contributed by atoms with Crippen molar-refractivity contribution in [2.75, 3.05) is 13.2 Å². The highest BCUT2D eigenvalue weighted by molar-refractivity contribution is 5.76. The Hall–Kier alpha value is -1.56. The van der Waals surface area contributed by atoms with Gasteiger partial charge in [0.2, 0.25) is 0 Å². The number of carbonyl (C=O) groups is 2. The van der Waals surface area contributed by atoms with Crippen LogP contribution in [0.1, 0.15) is 19.8 Å². The minimum absolute atomic E-state index is 0.0585. The van der Waals surface area contributed by atoms with Crippen LogP contribution in [0, 0.1) is 11.8 Å². The van der Waals surface area contributed by atoms with Gasteiger partial charge in [-0.25, -0.2) is 4.79 Å². The van der Waals surface area contributed by atoms with E-state index in [0.29, 0.717) is 18.9 Å². The normalized spacial score (nSPS) is 31.1. The second-order valence-electron chi connectivity index (χ2n) is 5.20. The molecule has 0 aromatic heterocycles. The van der Waals surface area contributed by atoms with Gasteiger partial charge in [0.25, 0.3) is 0 Å². The summed E-state index contributed by atoms with van der Waals surface area (Å²) in [6, 6.07) is -0.392. The Morgan fingerprint density at radius 3 is 2.79 bits per heavy atom. The van der Waals surface area contributed by atoms with Crippen LogP contribution in [0.2, 0.25) is 0 Å². The molecule has 0 bridgehead atoms. The molecule has 1 aliphatic heterocycles. The van der Waals surface area contributed by atoms with E-state index in [-0.39, 0.29) is 18.1 Å². The third-order valence-electron chi connectivity index (χ3n) is 3.75. The standard InChI is InChI=1S/C13H20N2O4/c1-8(10-4-5-19-7-10)14-13(18)15-11-3-2-9(6-11)12(16)17/h2-3,8-11H,4-7H2,1H3,(H,16,17)(H2,14,15,18). The van der Waals surface area contributed by atoms with Crippen molar-refractivity contribution in [1.29, 1.82) is 0 Å². The fourth-order valence-electron chi connectivity index (χ4n) is 2.47. The largest absolute Gasteiger partial charge is 0.481 e. The monoisotopic (exact) mass is 268 g/mol. The molecule has 19 heavy (non-hydrogen) atoms. The van der Waals surface area contributed by atoms with Gasteiger partial charge in [0.05, 0.1) is 18.6 Å². The minimum atomic E-state index is -0.850. The third-order valence-corrected chi connectivity index (χ3v) is 3.75. The smallest absolute Gasteiger partial charge is 0.315 e. The predicted octanol–water partition coefficient (Wildman–Crippen LogP) is 0.740. The number of carbonyl (C=O) groups excluding carboxylic acids is 1. The average molecular weight is 268 g/mol. The average Bonchev–Trinajstić information content (AvgIpc) is 2.98. The lowest BCUT2D eigenvalue weighted by Gasteiger charge is -2.21. The summed E-state index contributed by atoms with van der Waals surface area (Å²) in [4.78, 5) is 22.6. The van der Waals surface area contributed by atoms with E-state index in [9.17, 15) is 9.59 Å². The van der Waals surface area contributed by atoms with Crippen molar-refractivity contribution in [3.8, 4) is 0 Å². The zero-order chi connectivity index (χ0) is 13.8. The Morgan fingerprint density at radius 2 is 2.21 bits per heavy atom. The molecular formula is C13H20N2O4. The molecule has 1 saturated heterocycles. The van der Waals surface area contributed by atoms with Crippen LogP contribution in [-0.2, 0) is 9.53 Å². The zero-order valence-electron chi connectivity index (χ0n) is 11.0. The summed E-state index contributed by atoms with van der Waals surface area (Å²) in [7, 11) is 0. The van der Waals surface area contributed by atoms with Gasteiger partial charge in [-0.3, -0.25) is 4.79 Å².